The van der Waals surface area contributed by atoms with Gasteiger partial charge < -0.3 is 10.4 Å². The number of H-pyrrole nitrogens is 1. The largest absolute Gasteiger partial charge is 0.393 e. The van der Waals surface area contributed by atoms with Gasteiger partial charge in [-0.3, -0.25) is 9.89 Å². The van der Waals surface area contributed by atoms with Crippen LogP contribution in [-0.4, -0.2) is 33.9 Å². The van der Waals surface area contributed by atoms with Crippen molar-refractivity contribution in [1.29, 1.82) is 0 Å². The van der Waals surface area contributed by atoms with Crippen LogP contribution < -0.4 is 5.32 Å². The molecular formula is C12H21N3O2. The van der Waals surface area contributed by atoms with Crippen molar-refractivity contribution in [2.75, 3.05) is 6.54 Å². The fourth-order valence-electron chi connectivity index (χ4n) is 1.64. The van der Waals surface area contributed by atoms with E-state index in [2.05, 4.69) is 15.5 Å². The van der Waals surface area contributed by atoms with Crippen LogP contribution in [0.15, 0.2) is 0 Å². The van der Waals surface area contributed by atoms with E-state index in [1.807, 2.05) is 20.8 Å². The highest BCUT2D eigenvalue weighted by molar-refractivity contribution is 5.96. The SMILES string of the molecule is Cc1n[nH]c(C)c1C(=O)NCCC(O)C(C)C. The molecule has 0 fully saturated rings. The van der Waals surface area contributed by atoms with Crippen molar-refractivity contribution in [3.63, 3.8) is 0 Å². The standard InChI is InChI=1S/C12H21N3O2/c1-7(2)10(16)5-6-13-12(17)11-8(3)14-15-9(11)4/h7,10,16H,5-6H2,1-4H3,(H,13,17)(H,14,15). The maximum absolute atomic E-state index is 11.8. The monoisotopic (exact) mass is 239 g/mol. The molecule has 1 rings (SSSR count). The van der Waals surface area contributed by atoms with Crippen LogP contribution >= 0.6 is 0 Å². The number of hydrogen-bond acceptors (Lipinski definition) is 3. The minimum Gasteiger partial charge on any atom is -0.393 e. The molecule has 1 aromatic rings. The molecule has 0 radical (unpaired) electrons. The topological polar surface area (TPSA) is 78.0 Å². The van der Waals surface area contributed by atoms with Gasteiger partial charge in [-0.05, 0) is 26.2 Å². The highest BCUT2D eigenvalue weighted by atomic mass is 16.3. The molecule has 1 aromatic heterocycles. The zero-order valence-corrected chi connectivity index (χ0v) is 10.9. The molecular weight excluding hydrogens is 218 g/mol. The number of nitrogens with one attached hydrogen (secondary N) is 2. The summed E-state index contributed by atoms with van der Waals surface area (Å²) in [5.74, 6) is 0.0778. The van der Waals surface area contributed by atoms with E-state index in [9.17, 15) is 9.90 Å². The van der Waals surface area contributed by atoms with Gasteiger partial charge in [0.25, 0.3) is 5.91 Å². The van der Waals surface area contributed by atoms with Crippen LogP contribution in [0, 0.1) is 19.8 Å². The summed E-state index contributed by atoms with van der Waals surface area (Å²) in [4.78, 5) is 11.8. The lowest BCUT2D eigenvalue weighted by Crippen LogP contribution is -2.29. The van der Waals surface area contributed by atoms with E-state index in [0.717, 1.165) is 5.69 Å². The Balaban J connectivity index is 2.46. The average molecular weight is 239 g/mol. The summed E-state index contributed by atoms with van der Waals surface area (Å²) >= 11 is 0. The smallest absolute Gasteiger partial charge is 0.255 e. The van der Waals surface area contributed by atoms with Gasteiger partial charge in [-0.1, -0.05) is 13.8 Å². The Bertz CT molecular complexity index is 366. The quantitative estimate of drug-likeness (QED) is 0.721. The van der Waals surface area contributed by atoms with Crippen molar-refractivity contribution in [2.45, 2.75) is 40.2 Å². The first-order valence-electron chi connectivity index (χ1n) is 5.91. The summed E-state index contributed by atoms with van der Waals surface area (Å²) in [7, 11) is 0. The van der Waals surface area contributed by atoms with Crippen LogP contribution in [0.25, 0.3) is 0 Å². The third-order valence-electron chi connectivity index (χ3n) is 2.85. The molecule has 1 atom stereocenters. The maximum Gasteiger partial charge on any atom is 0.255 e. The second-order valence-electron chi connectivity index (χ2n) is 4.66. The van der Waals surface area contributed by atoms with Crippen molar-refractivity contribution < 1.29 is 9.90 Å². The number of carbonyl (C=O) groups excluding carboxylic acids is 1. The highest BCUT2D eigenvalue weighted by Crippen LogP contribution is 2.09. The number of aliphatic hydroxyl groups is 1. The maximum atomic E-state index is 11.8. The molecule has 0 spiro atoms. The fourth-order valence-corrected chi connectivity index (χ4v) is 1.64. The van der Waals surface area contributed by atoms with Crippen LogP contribution in [0.2, 0.25) is 0 Å². The van der Waals surface area contributed by atoms with E-state index < -0.39 is 0 Å². The Hall–Kier alpha value is -1.36. The minimum absolute atomic E-state index is 0.135. The molecule has 96 valence electrons. The van der Waals surface area contributed by atoms with Crippen molar-refractivity contribution in [3.05, 3.63) is 17.0 Å². The van der Waals surface area contributed by atoms with Gasteiger partial charge in [0.1, 0.15) is 0 Å². The van der Waals surface area contributed by atoms with E-state index in [1.165, 1.54) is 0 Å². The average Bonchev–Trinajstić information content (AvgIpc) is 2.58. The summed E-state index contributed by atoms with van der Waals surface area (Å²) in [6, 6.07) is 0. The lowest BCUT2D eigenvalue weighted by Gasteiger charge is -2.14. The molecule has 0 aromatic carbocycles. The molecule has 1 unspecified atom stereocenters. The first kappa shape index (κ1) is 13.7. The predicted octanol–water partition coefficient (Wildman–Crippen LogP) is 1.16. The molecule has 5 heteroatoms. The number of nitrogens with zero attached hydrogens (tertiary/aromatic N) is 1. The molecule has 17 heavy (non-hydrogen) atoms. The van der Waals surface area contributed by atoms with Crippen LogP contribution in [-0.2, 0) is 0 Å². The number of aliphatic hydroxyl groups excluding tert-OH is 1. The Morgan fingerprint density at radius 3 is 2.59 bits per heavy atom. The number of aryl methyl sites for hydroxylation is 2. The van der Waals surface area contributed by atoms with Gasteiger partial charge in [-0.25, -0.2) is 0 Å². The molecule has 0 aliphatic rings. The summed E-state index contributed by atoms with van der Waals surface area (Å²) in [5, 5.41) is 19.2. The van der Waals surface area contributed by atoms with Gasteiger partial charge in [0, 0.05) is 12.2 Å². The number of carbonyl (C=O) groups is 1. The molecule has 0 bridgehead atoms. The Morgan fingerprint density at radius 1 is 1.47 bits per heavy atom. The number of aromatic nitrogens is 2. The van der Waals surface area contributed by atoms with Crippen molar-refractivity contribution in [3.8, 4) is 0 Å². The van der Waals surface area contributed by atoms with Crippen LogP contribution in [0.5, 0.6) is 0 Å². The summed E-state index contributed by atoms with van der Waals surface area (Å²) < 4.78 is 0. The lowest BCUT2D eigenvalue weighted by atomic mass is 10.0. The van der Waals surface area contributed by atoms with E-state index in [-0.39, 0.29) is 17.9 Å². The number of hydrogen-bond donors (Lipinski definition) is 3. The first-order chi connectivity index (χ1) is 7.93. The van der Waals surface area contributed by atoms with E-state index in [1.54, 1.807) is 6.92 Å². The fraction of sp³-hybridized carbons (Fsp3) is 0.667. The van der Waals surface area contributed by atoms with E-state index in [4.69, 9.17) is 0 Å². The molecule has 3 N–H and O–H groups in total. The van der Waals surface area contributed by atoms with Crippen LogP contribution in [0.4, 0.5) is 0 Å². The Kier molecular flexibility index (Phi) is 4.69. The van der Waals surface area contributed by atoms with Gasteiger partial charge in [-0.2, -0.15) is 5.10 Å². The molecule has 0 aliphatic heterocycles. The summed E-state index contributed by atoms with van der Waals surface area (Å²) in [5.41, 5.74) is 2.07. The van der Waals surface area contributed by atoms with E-state index >= 15 is 0 Å². The second-order valence-corrected chi connectivity index (χ2v) is 4.66. The van der Waals surface area contributed by atoms with E-state index in [0.29, 0.717) is 24.2 Å². The van der Waals surface area contributed by atoms with Crippen molar-refractivity contribution in [1.82, 2.24) is 15.5 Å². The summed E-state index contributed by atoms with van der Waals surface area (Å²) in [6.07, 6.45) is 0.196. The number of amides is 1. The molecule has 0 saturated heterocycles. The van der Waals surface area contributed by atoms with Gasteiger partial charge in [0.05, 0.1) is 17.4 Å². The van der Waals surface area contributed by atoms with Gasteiger partial charge >= 0.3 is 0 Å². The molecule has 0 aliphatic carbocycles. The minimum atomic E-state index is -0.373. The predicted molar refractivity (Wildman–Crippen MR) is 65.9 cm³/mol. The van der Waals surface area contributed by atoms with Gasteiger partial charge in [0.2, 0.25) is 0 Å². The zero-order valence-electron chi connectivity index (χ0n) is 10.9. The number of aromatic amines is 1. The normalized spacial score (nSPS) is 12.8. The van der Waals surface area contributed by atoms with Crippen LogP contribution in [0.1, 0.15) is 42.0 Å². The van der Waals surface area contributed by atoms with Crippen molar-refractivity contribution in [2.24, 2.45) is 5.92 Å². The molecule has 0 saturated carbocycles. The summed E-state index contributed by atoms with van der Waals surface area (Å²) in [6.45, 7) is 8.00. The first-order valence-corrected chi connectivity index (χ1v) is 5.91. The number of rotatable bonds is 5. The third-order valence-corrected chi connectivity index (χ3v) is 2.85. The third kappa shape index (κ3) is 3.56. The molecule has 1 amide bonds. The zero-order chi connectivity index (χ0) is 13.0. The van der Waals surface area contributed by atoms with Crippen LogP contribution in [0.3, 0.4) is 0 Å². The lowest BCUT2D eigenvalue weighted by molar-refractivity contribution is 0.0919. The van der Waals surface area contributed by atoms with Gasteiger partial charge in [-0.15, -0.1) is 0 Å². The molecule has 5 nitrogen and oxygen atoms in total. The Morgan fingerprint density at radius 2 is 2.12 bits per heavy atom. The van der Waals surface area contributed by atoms with Crippen molar-refractivity contribution >= 4 is 5.91 Å². The second kappa shape index (κ2) is 5.82. The molecule has 1 heterocycles. The van der Waals surface area contributed by atoms with Gasteiger partial charge in [0.15, 0.2) is 0 Å². The Labute approximate surface area is 102 Å². The highest BCUT2D eigenvalue weighted by Gasteiger charge is 2.15.